The summed E-state index contributed by atoms with van der Waals surface area (Å²) in [5.74, 6) is -0.126. The molecule has 3 aromatic carbocycles. The molecule has 39 heavy (non-hydrogen) atoms. The highest BCUT2D eigenvalue weighted by molar-refractivity contribution is 7.92. The first kappa shape index (κ1) is 29.9. The van der Waals surface area contributed by atoms with Crippen LogP contribution >= 0.6 is 0 Å². The van der Waals surface area contributed by atoms with E-state index in [1.807, 2.05) is 44.2 Å². The molecule has 10 heteroatoms. The summed E-state index contributed by atoms with van der Waals surface area (Å²) >= 11 is 0. The van der Waals surface area contributed by atoms with E-state index in [0.29, 0.717) is 24.9 Å². The number of sulfonamides is 1. The van der Waals surface area contributed by atoms with Gasteiger partial charge in [0.25, 0.3) is 0 Å². The van der Waals surface area contributed by atoms with Crippen LogP contribution in [-0.4, -0.2) is 48.0 Å². The highest BCUT2D eigenvalue weighted by atomic mass is 32.2. The van der Waals surface area contributed by atoms with Crippen molar-refractivity contribution < 1.29 is 28.5 Å². The minimum atomic E-state index is -3.58. The highest BCUT2D eigenvalue weighted by Crippen LogP contribution is 2.28. The van der Waals surface area contributed by atoms with Crippen molar-refractivity contribution in [1.82, 2.24) is 10.6 Å². The van der Waals surface area contributed by atoms with E-state index in [9.17, 15) is 28.5 Å². The number of carbonyl (C=O) groups is 1. The molecule has 6 N–H and O–H groups in total. The Balaban J connectivity index is 1.52. The van der Waals surface area contributed by atoms with Crippen molar-refractivity contribution >= 4 is 21.6 Å². The van der Waals surface area contributed by atoms with Crippen LogP contribution < -0.4 is 15.4 Å². The second-order valence-electron chi connectivity index (χ2n) is 10.3. The molecular formula is C29H37N3O6S. The zero-order chi connectivity index (χ0) is 28.6. The number of benzene rings is 3. The SMILES string of the molecule is CC(C)(Cc1cccc(CNC(=O)CCc2ccccc2O)c1)NC[C@H](O)c1ccc(O)c(NS(C)(=O)=O)c1. The van der Waals surface area contributed by atoms with Crippen LogP contribution in [0, 0.1) is 0 Å². The molecule has 0 saturated carbocycles. The van der Waals surface area contributed by atoms with E-state index in [0.717, 1.165) is 22.9 Å². The average molecular weight is 556 g/mol. The molecule has 0 spiro atoms. The van der Waals surface area contributed by atoms with Gasteiger partial charge in [-0.05, 0) is 67.1 Å². The quantitative estimate of drug-likeness (QED) is 0.177. The van der Waals surface area contributed by atoms with Crippen molar-refractivity contribution in [2.45, 2.75) is 51.3 Å². The number of phenolic OH excluding ortho intramolecular Hbond substituents is 2. The van der Waals surface area contributed by atoms with E-state index in [1.54, 1.807) is 24.3 Å². The van der Waals surface area contributed by atoms with Crippen LogP contribution in [0.25, 0.3) is 0 Å². The Morgan fingerprint density at radius 3 is 2.38 bits per heavy atom. The molecule has 0 saturated heterocycles. The van der Waals surface area contributed by atoms with Crippen LogP contribution in [0.4, 0.5) is 5.69 Å². The van der Waals surface area contributed by atoms with E-state index in [-0.39, 0.29) is 41.6 Å². The van der Waals surface area contributed by atoms with Gasteiger partial charge in [-0.2, -0.15) is 0 Å². The first-order valence-electron chi connectivity index (χ1n) is 12.7. The summed E-state index contributed by atoms with van der Waals surface area (Å²) in [4.78, 5) is 12.3. The summed E-state index contributed by atoms with van der Waals surface area (Å²) in [5.41, 5.74) is 2.86. The van der Waals surface area contributed by atoms with Gasteiger partial charge in [-0.1, -0.05) is 48.5 Å². The van der Waals surface area contributed by atoms with E-state index in [4.69, 9.17) is 0 Å². The highest BCUT2D eigenvalue weighted by Gasteiger charge is 2.21. The summed E-state index contributed by atoms with van der Waals surface area (Å²) in [7, 11) is -3.58. The molecule has 3 rings (SSSR count). The number of aliphatic hydroxyl groups excluding tert-OH is 1. The van der Waals surface area contributed by atoms with Gasteiger partial charge < -0.3 is 26.0 Å². The lowest BCUT2D eigenvalue weighted by Gasteiger charge is -2.28. The number of anilines is 1. The van der Waals surface area contributed by atoms with Gasteiger partial charge in [0, 0.05) is 25.0 Å². The van der Waals surface area contributed by atoms with E-state index in [2.05, 4.69) is 15.4 Å². The fourth-order valence-electron chi connectivity index (χ4n) is 4.22. The number of phenols is 2. The molecule has 9 nitrogen and oxygen atoms in total. The fourth-order valence-corrected chi connectivity index (χ4v) is 4.78. The molecule has 0 unspecified atom stereocenters. The van der Waals surface area contributed by atoms with Gasteiger partial charge in [0.15, 0.2) is 0 Å². The van der Waals surface area contributed by atoms with Gasteiger partial charge in [-0.3, -0.25) is 9.52 Å². The van der Waals surface area contributed by atoms with Crippen molar-refractivity contribution in [1.29, 1.82) is 0 Å². The van der Waals surface area contributed by atoms with Crippen molar-refractivity contribution in [2.75, 3.05) is 17.5 Å². The van der Waals surface area contributed by atoms with Gasteiger partial charge in [-0.25, -0.2) is 8.42 Å². The Hall–Kier alpha value is -3.60. The standard InChI is InChI=1S/C29H37N3O6S/c1-29(2,31-19-27(35)23-11-13-26(34)24(16-23)32-39(3,37)38)17-20-7-6-8-21(15-20)18-30-28(36)14-12-22-9-4-5-10-25(22)33/h4-11,13,15-16,27,31-35H,12,14,17-19H2,1-3H3,(H,30,36)/t27-/m0/s1. The summed E-state index contributed by atoms with van der Waals surface area (Å²) in [6.07, 6.45) is 1.46. The van der Waals surface area contributed by atoms with Crippen LogP contribution in [0.5, 0.6) is 11.5 Å². The number of aliphatic hydroxyl groups is 1. The Bertz CT molecular complexity index is 1390. The fraction of sp³-hybridized carbons (Fsp3) is 0.345. The van der Waals surface area contributed by atoms with E-state index in [1.165, 1.54) is 12.1 Å². The molecule has 0 heterocycles. The Morgan fingerprint density at radius 2 is 1.67 bits per heavy atom. The monoisotopic (exact) mass is 555 g/mol. The van der Waals surface area contributed by atoms with E-state index >= 15 is 0 Å². The van der Waals surface area contributed by atoms with Crippen LogP contribution in [0.15, 0.2) is 66.7 Å². The molecule has 0 bridgehead atoms. The molecule has 1 atom stereocenters. The Morgan fingerprint density at radius 1 is 0.949 bits per heavy atom. The molecule has 0 aliphatic rings. The lowest BCUT2D eigenvalue weighted by molar-refractivity contribution is -0.121. The average Bonchev–Trinajstić information content (AvgIpc) is 2.86. The minimum Gasteiger partial charge on any atom is -0.508 e. The lowest BCUT2D eigenvalue weighted by atomic mass is 9.93. The van der Waals surface area contributed by atoms with Gasteiger partial charge in [0.2, 0.25) is 15.9 Å². The predicted molar refractivity (Wildman–Crippen MR) is 152 cm³/mol. The third-order valence-electron chi connectivity index (χ3n) is 6.21. The summed E-state index contributed by atoms with van der Waals surface area (Å²) in [6, 6.07) is 19.2. The molecule has 0 aromatic heterocycles. The number of β-amino-alcohol motifs (C(OH)–C–C–N with tert-alkyl or cyclic N) is 1. The van der Waals surface area contributed by atoms with E-state index < -0.39 is 16.1 Å². The maximum Gasteiger partial charge on any atom is 0.229 e. The van der Waals surface area contributed by atoms with Gasteiger partial charge in [-0.15, -0.1) is 0 Å². The van der Waals surface area contributed by atoms with Gasteiger partial charge in [0.1, 0.15) is 11.5 Å². The number of nitrogens with one attached hydrogen (secondary N) is 3. The minimum absolute atomic E-state index is 0.00966. The van der Waals surface area contributed by atoms with Crippen LogP contribution in [0.2, 0.25) is 0 Å². The smallest absolute Gasteiger partial charge is 0.229 e. The van der Waals surface area contributed by atoms with Crippen LogP contribution in [-0.2, 0) is 34.2 Å². The summed E-state index contributed by atoms with van der Waals surface area (Å²) in [5, 5.41) is 36.7. The van der Waals surface area contributed by atoms with Crippen molar-refractivity contribution in [3.8, 4) is 11.5 Å². The topological polar surface area (TPSA) is 148 Å². The first-order chi connectivity index (χ1) is 18.3. The molecular weight excluding hydrogens is 518 g/mol. The number of aryl methyl sites for hydroxylation is 1. The predicted octanol–water partition coefficient (Wildman–Crippen LogP) is 3.36. The largest absolute Gasteiger partial charge is 0.508 e. The van der Waals surface area contributed by atoms with Gasteiger partial charge >= 0.3 is 0 Å². The maximum atomic E-state index is 12.3. The third kappa shape index (κ3) is 9.90. The number of para-hydroxylation sites is 1. The van der Waals surface area contributed by atoms with Crippen molar-refractivity contribution in [3.05, 3.63) is 89.0 Å². The summed E-state index contributed by atoms with van der Waals surface area (Å²) < 4.78 is 25.3. The zero-order valence-electron chi connectivity index (χ0n) is 22.4. The van der Waals surface area contributed by atoms with Crippen LogP contribution in [0.3, 0.4) is 0 Å². The molecule has 1 amide bonds. The molecule has 0 fully saturated rings. The van der Waals surface area contributed by atoms with Crippen LogP contribution in [0.1, 0.15) is 48.6 Å². The molecule has 0 aliphatic carbocycles. The molecule has 0 radical (unpaired) electrons. The number of amides is 1. The second kappa shape index (κ2) is 13.0. The van der Waals surface area contributed by atoms with Gasteiger partial charge in [0.05, 0.1) is 18.0 Å². The number of aromatic hydroxyl groups is 2. The number of rotatable bonds is 13. The molecule has 3 aromatic rings. The Kier molecular flexibility index (Phi) is 9.96. The maximum absolute atomic E-state index is 12.3. The first-order valence-corrected chi connectivity index (χ1v) is 14.6. The molecule has 210 valence electrons. The number of hydrogen-bond donors (Lipinski definition) is 6. The third-order valence-corrected chi connectivity index (χ3v) is 6.81. The zero-order valence-corrected chi connectivity index (χ0v) is 23.3. The lowest BCUT2D eigenvalue weighted by Crippen LogP contribution is -2.43. The normalized spacial score (nSPS) is 12.6. The summed E-state index contributed by atoms with van der Waals surface area (Å²) in [6.45, 7) is 4.63. The number of hydrogen-bond acceptors (Lipinski definition) is 7. The number of carbonyl (C=O) groups excluding carboxylic acids is 1. The van der Waals surface area contributed by atoms with Crippen molar-refractivity contribution in [3.63, 3.8) is 0 Å². The second-order valence-corrected chi connectivity index (χ2v) is 12.1. The van der Waals surface area contributed by atoms with Crippen molar-refractivity contribution in [2.24, 2.45) is 0 Å². The molecule has 0 aliphatic heterocycles. The Labute approximate surface area is 230 Å².